The van der Waals surface area contributed by atoms with Crippen LogP contribution in [0.15, 0.2) is 28.2 Å². The van der Waals surface area contributed by atoms with Gasteiger partial charge in [0.25, 0.3) is 5.91 Å². The molecule has 1 amide bonds. The summed E-state index contributed by atoms with van der Waals surface area (Å²) in [4.78, 5) is 19.7. The molecular weight excluding hydrogens is 350 g/mol. The minimum Gasteiger partial charge on any atom is -0.385 e. The summed E-state index contributed by atoms with van der Waals surface area (Å²) >= 11 is 5.07. The number of aryl methyl sites for hydroxylation is 1. The van der Waals surface area contributed by atoms with Crippen LogP contribution in [0.2, 0.25) is 0 Å². The fourth-order valence-corrected chi connectivity index (χ4v) is 3.52. The van der Waals surface area contributed by atoms with Crippen LogP contribution in [0.1, 0.15) is 27.9 Å². The van der Waals surface area contributed by atoms with Gasteiger partial charge in [-0.05, 0) is 41.9 Å². The van der Waals surface area contributed by atoms with Gasteiger partial charge in [0, 0.05) is 40.2 Å². The minimum absolute atomic E-state index is 0.0250. The SMILES string of the molecule is CCNc1cc(C)ncc1C(=O)N(C)Cc1cc(Br)cs1. The first-order valence-corrected chi connectivity index (χ1v) is 8.37. The molecule has 0 spiro atoms. The van der Waals surface area contributed by atoms with Gasteiger partial charge in [-0.15, -0.1) is 11.3 Å². The molecule has 0 radical (unpaired) electrons. The first kappa shape index (κ1) is 16.0. The summed E-state index contributed by atoms with van der Waals surface area (Å²) in [6.45, 7) is 5.29. The fourth-order valence-electron chi connectivity index (χ4n) is 2.01. The number of carbonyl (C=O) groups excluding carboxylic acids is 1. The molecule has 0 fully saturated rings. The fraction of sp³-hybridized carbons (Fsp3) is 0.333. The maximum Gasteiger partial charge on any atom is 0.257 e. The van der Waals surface area contributed by atoms with Crippen molar-refractivity contribution in [3.05, 3.63) is 44.3 Å². The Labute approximate surface area is 137 Å². The number of aromatic nitrogens is 1. The number of pyridine rings is 1. The van der Waals surface area contributed by atoms with Crippen molar-refractivity contribution in [2.24, 2.45) is 0 Å². The molecule has 0 saturated carbocycles. The molecule has 0 aliphatic heterocycles. The monoisotopic (exact) mass is 367 g/mol. The van der Waals surface area contributed by atoms with Crippen molar-refractivity contribution in [2.75, 3.05) is 18.9 Å². The smallest absolute Gasteiger partial charge is 0.257 e. The highest BCUT2D eigenvalue weighted by Crippen LogP contribution is 2.23. The van der Waals surface area contributed by atoms with Crippen molar-refractivity contribution in [3.8, 4) is 0 Å². The molecule has 0 aliphatic rings. The van der Waals surface area contributed by atoms with Gasteiger partial charge in [-0.2, -0.15) is 0 Å². The molecule has 6 heteroatoms. The van der Waals surface area contributed by atoms with Crippen LogP contribution in [-0.4, -0.2) is 29.4 Å². The summed E-state index contributed by atoms with van der Waals surface area (Å²) in [5, 5.41) is 5.25. The number of thiophene rings is 1. The van der Waals surface area contributed by atoms with Crippen molar-refractivity contribution in [2.45, 2.75) is 20.4 Å². The maximum atomic E-state index is 12.6. The molecule has 1 N–H and O–H groups in total. The molecule has 2 rings (SSSR count). The van der Waals surface area contributed by atoms with Crippen molar-refractivity contribution < 1.29 is 4.79 Å². The van der Waals surface area contributed by atoms with Gasteiger partial charge in [-0.1, -0.05) is 0 Å². The van der Waals surface area contributed by atoms with E-state index in [4.69, 9.17) is 0 Å². The third kappa shape index (κ3) is 4.04. The summed E-state index contributed by atoms with van der Waals surface area (Å²) < 4.78 is 1.05. The molecule has 0 aromatic carbocycles. The second kappa shape index (κ2) is 7.04. The van der Waals surface area contributed by atoms with E-state index in [1.807, 2.05) is 38.4 Å². The zero-order valence-electron chi connectivity index (χ0n) is 12.3. The Morgan fingerprint density at radius 3 is 2.86 bits per heavy atom. The third-order valence-corrected chi connectivity index (χ3v) is 4.68. The number of hydrogen-bond acceptors (Lipinski definition) is 4. The van der Waals surface area contributed by atoms with Crippen LogP contribution in [0.3, 0.4) is 0 Å². The van der Waals surface area contributed by atoms with Crippen LogP contribution < -0.4 is 5.32 Å². The summed E-state index contributed by atoms with van der Waals surface area (Å²) in [6.07, 6.45) is 1.65. The van der Waals surface area contributed by atoms with Crippen molar-refractivity contribution >= 4 is 38.9 Å². The molecule has 0 bridgehead atoms. The molecule has 2 heterocycles. The molecule has 2 aromatic rings. The number of nitrogens with one attached hydrogen (secondary N) is 1. The van der Waals surface area contributed by atoms with Crippen LogP contribution in [0.4, 0.5) is 5.69 Å². The second-order valence-electron chi connectivity index (χ2n) is 4.79. The number of amides is 1. The van der Waals surface area contributed by atoms with E-state index in [-0.39, 0.29) is 5.91 Å². The Morgan fingerprint density at radius 1 is 1.48 bits per heavy atom. The average molecular weight is 368 g/mol. The van der Waals surface area contributed by atoms with Gasteiger partial charge in [0.1, 0.15) is 0 Å². The Kier molecular flexibility index (Phi) is 5.36. The third-order valence-electron chi connectivity index (χ3n) is 3.00. The number of carbonyl (C=O) groups is 1. The van der Waals surface area contributed by atoms with E-state index in [1.165, 1.54) is 0 Å². The van der Waals surface area contributed by atoms with Gasteiger partial charge in [0.05, 0.1) is 17.8 Å². The Balaban J connectivity index is 2.18. The molecule has 0 saturated heterocycles. The van der Waals surface area contributed by atoms with Gasteiger partial charge in [0.15, 0.2) is 0 Å². The van der Waals surface area contributed by atoms with Crippen LogP contribution in [0, 0.1) is 6.92 Å². The molecule has 2 aromatic heterocycles. The molecular formula is C15H18BrN3OS. The van der Waals surface area contributed by atoms with E-state index < -0.39 is 0 Å². The van der Waals surface area contributed by atoms with E-state index in [2.05, 4.69) is 26.2 Å². The molecule has 0 aliphatic carbocycles. The van der Waals surface area contributed by atoms with Crippen molar-refractivity contribution in [1.82, 2.24) is 9.88 Å². The zero-order chi connectivity index (χ0) is 15.4. The highest BCUT2D eigenvalue weighted by Gasteiger charge is 2.17. The average Bonchev–Trinajstić information content (AvgIpc) is 2.84. The van der Waals surface area contributed by atoms with E-state index >= 15 is 0 Å². The normalized spacial score (nSPS) is 10.5. The highest BCUT2D eigenvalue weighted by molar-refractivity contribution is 9.10. The number of hydrogen-bond donors (Lipinski definition) is 1. The predicted octanol–water partition coefficient (Wildman–Crippen LogP) is 3.92. The lowest BCUT2D eigenvalue weighted by atomic mass is 10.2. The van der Waals surface area contributed by atoms with E-state index in [1.54, 1.807) is 22.4 Å². The lowest BCUT2D eigenvalue weighted by Gasteiger charge is -2.18. The number of nitrogens with zero attached hydrogens (tertiary/aromatic N) is 2. The summed E-state index contributed by atoms with van der Waals surface area (Å²) in [5.41, 5.74) is 2.35. The first-order chi connectivity index (χ1) is 10.0. The lowest BCUT2D eigenvalue weighted by Crippen LogP contribution is -2.27. The van der Waals surface area contributed by atoms with Gasteiger partial charge in [0.2, 0.25) is 0 Å². The quantitative estimate of drug-likeness (QED) is 0.870. The summed E-state index contributed by atoms with van der Waals surface area (Å²) in [5.74, 6) is -0.0250. The minimum atomic E-state index is -0.0250. The largest absolute Gasteiger partial charge is 0.385 e. The standard InChI is InChI=1S/C15H18BrN3OS/c1-4-17-14-5-10(2)18-7-13(14)15(20)19(3)8-12-6-11(16)9-21-12/h5-7,9H,4,8H2,1-3H3,(H,17,18). The summed E-state index contributed by atoms with van der Waals surface area (Å²) in [7, 11) is 1.81. The molecule has 4 nitrogen and oxygen atoms in total. The number of rotatable bonds is 5. The topological polar surface area (TPSA) is 45.2 Å². The van der Waals surface area contributed by atoms with E-state index in [9.17, 15) is 4.79 Å². The summed E-state index contributed by atoms with van der Waals surface area (Å²) in [6, 6.07) is 3.94. The van der Waals surface area contributed by atoms with Gasteiger partial charge in [-0.25, -0.2) is 0 Å². The van der Waals surface area contributed by atoms with E-state index in [0.717, 1.165) is 27.3 Å². The molecule has 0 atom stereocenters. The van der Waals surface area contributed by atoms with Gasteiger partial charge >= 0.3 is 0 Å². The number of halogens is 1. The Bertz CT molecular complexity index is 642. The van der Waals surface area contributed by atoms with Crippen molar-refractivity contribution in [1.29, 1.82) is 0 Å². The molecule has 112 valence electrons. The molecule has 0 unspecified atom stereocenters. The first-order valence-electron chi connectivity index (χ1n) is 6.70. The molecule has 21 heavy (non-hydrogen) atoms. The highest BCUT2D eigenvalue weighted by atomic mass is 79.9. The zero-order valence-corrected chi connectivity index (χ0v) is 14.7. The van der Waals surface area contributed by atoms with Gasteiger partial charge < -0.3 is 10.2 Å². The second-order valence-corrected chi connectivity index (χ2v) is 6.71. The van der Waals surface area contributed by atoms with Crippen LogP contribution in [0.25, 0.3) is 0 Å². The van der Waals surface area contributed by atoms with Gasteiger partial charge in [-0.3, -0.25) is 9.78 Å². The lowest BCUT2D eigenvalue weighted by molar-refractivity contribution is 0.0787. The van der Waals surface area contributed by atoms with Crippen LogP contribution in [-0.2, 0) is 6.54 Å². The van der Waals surface area contributed by atoms with E-state index in [0.29, 0.717) is 12.1 Å². The maximum absolute atomic E-state index is 12.6. The Morgan fingerprint density at radius 2 is 2.24 bits per heavy atom. The van der Waals surface area contributed by atoms with Crippen molar-refractivity contribution in [3.63, 3.8) is 0 Å². The predicted molar refractivity (Wildman–Crippen MR) is 91.0 cm³/mol. The van der Waals surface area contributed by atoms with Crippen LogP contribution >= 0.6 is 27.3 Å². The Hall–Kier alpha value is -1.40. The number of anilines is 1. The van der Waals surface area contributed by atoms with Crippen LogP contribution in [0.5, 0.6) is 0 Å².